The molecule has 0 saturated carbocycles. The lowest BCUT2D eigenvalue weighted by atomic mass is 9.90. The number of nitrogens with one attached hydrogen (secondary N) is 1. The Bertz CT molecular complexity index is 273. The lowest BCUT2D eigenvalue weighted by molar-refractivity contribution is -0.138. The standard InChI is InChI=1S/C14H28N2O2/c1-5-16-8-11(7-13(17)18)6-12(9-16)15-10-14(2,3)4/h11-12,15H,5-10H2,1-4H3,(H,17,18). The van der Waals surface area contributed by atoms with Crippen LogP contribution in [-0.2, 0) is 4.79 Å². The highest BCUT2D eigenvalue weighted by Crippen LogP contribution is 2.21. The second kappa shape index (κ2) is 6.53. The van der Waals surface area contributed by atoms with Gasteiger partial charge in [-0.3, -0.25) is 4.79 Å². The van der Waals surface area contributed by atoms with Gasteiger partial charge in [-0.25, -0.2) is 0 Å². The summed E-state index contributed by atoms with van der Waals surface area (Å²) in [6.45, 7) is 12.8. The molecular weight excluding hydrogens is 228 g/mol. The van der Waals surface area contributed by atoms with Gasteiger partial charge in [0.15, 0.2) is 0 Å². The van der Waals surface area contributed by atoms with Crippen LogP contribution in [0, 0.1) is 11.3 Å². The van der Waals surface area contributed by atoms with Crippen LogP contribution in [0.2, 0.25) is 0 Å². The Balaban J connectivity index is 2.48. The molecule has 0 bridgehead atoms. The summed E-state index contributed by atoms with van der Waals surface area (Å²) in [6.07, 6.45) is 1.28. The van der Waals surface area contributed by atoms with Crippen molar-refractivity contribution >= 4 is 5.97 Å². The van der Waals surface area contributed by atoms with Crippen molar-refractivity contribution in [3.8, 4) is 0 Å². The van der Waals surface area contributed by atoms with Gasteiger partial charge < -0.3 is 15.3 Å². The molecule has 18 heavy (non-hydrogen) atoms. The van der Waals surface area contributed by atoms with Gasteiger partial charge in [-0.1, -0.05) is 27.7 Å². The van der Waals surface area contributed by atoms with Crippen LogP contribution >= 0.6 is 0 Å². The highest BCUT2D eigenvalue weighted by molar-refractivity contribution is 5.67. The van der Waals surface area contributed by atoms with Crippen molar-refractivity contribution < 1.29 is 9.90 Å². The Labute approximate surface area is 111 Å². The van der Waals surface area contributed by atoms with E-state index in [9.17, 15) is 4.79 Å². The summed E-state index contributed by atoms with van der Waals surface area (Å²) >= 11 is 0. The third-order valence-electron chi connectivity index (χ3n) is 3.44. The van der Waals surface area contributed by atoms with Crippen molar-refractivity contribution in [2.24, 2.45) is 11.3 Å². The number of carboxylic acid groups (broad SMARTS) is 1. The molecule has 1 fully saturated rings. The van der Waals surface area contributed by atoms with Crippen LogP contribution in [0.1, 0.15) is 40.5 Å². The molecule has 0 aromatic rings. The van der Waals surface area contributed by atoms with Gasteiger partial charge >= 0.3 is 5.97 Å². The molecule has 0 amide bonds. The Hall–Kier alpha value is -0.610. The number of rotatable bonds is 5. The van der Waals surface area contributed by atoms with Crippen LogP contribution in [0.5, 0.6) is 0 Å². The van der Waals surface area contributed by atoms with Crippen molar-refractivity contribution in [3.05, 3.63) is 0 Å². The van der Waals surface area contributed by atoms with Gasteiger partial charge in [-0.15, -0.1) is 0 Å². The summed E-state index contributed by atoms with van der Waals surface area (Å²) in [5, 5.41) is 12.5. The van der Waals surface area contributed by atoms with Gasteiger partial charge in [0.2, 0.25) is 0 Å². The van der Waals surface area contributed by atoms with E-state index in [1.807, 2.05) is 0 Å². The van der Waals surface area contributed by atoms with Gasteiger partial charge in [0.1, 0.15) is 0 Å². The molecule has 0 radical (unpaired) electrons. The molecule has 1 rings (SSSR count). The first-order chi connectivity index (χ1) is 8.30. The molecule has 0 spiro atoms. The molecule has 4 heteroatoms. The second-order valence-electron chi connectivity index (χ2n) is 6.69. The molecular formula is C14H28N2O2. The van der Waals surface area contributed by atoms with E-state index < -0.39 is 5.97 Å². The predicted molar refractivity (Wildman–Crippen MR) is 73.7 cm³/mol. The molecule has 2 unspecified atom stereocenters. The number of nitrogens with zero attached hydrogens (tertiary/aromatic N) is 1. The Morgan fingerprint density at radius 1 is 1.39 bits per heavy atom. The first-order valence-electron chi connectivity index (χ1n) is 6.97. The van der Waals surface area contributed by atoms with Crippen molar-refractivity contribution in [2.75, 3.05) is 26.2 Å². The number of aliphatic carboxylic acids is 1. The zero-order valence-corrected chi connectivity index (χ0v) is 12.2. The minimum Gasteiger partial charge on any atom is -0.481 e. The molecule has 106 valence electrons. The van der Waals surface area contributed by atoms with Crippen LogP contribution in [-0.4, -0.2) is 48.2 Å². The molecule has 1 aliphatic heterocycles. The lowest BCUT2D eigenvalue weighted by Crippen LogP contribution is -2.50. The number of likely N-dealkylation sites (N-methyl/N-ethyl adjacent to an activating group) is 1. The van der Waals surface area contributed by atoms with Crippen LogP contribution in [0.15, 0.2) is 0 Å². The first kappa shape index (κ1) is 15.4. The van der Waals surface area contributed by atoms with Crippen molar-refractivity contribution in [3.63, 3.8) is 0 Å². The lowest BCUT2D eigenvalue weighted by Gasteiger charge is -2.38. The first-order valence-corrected chi connectivity index (χ1v) is 6.97. The average Bonchev–Trinajstić information content (AvgIpc) is 2.24. The second-order valence-corrected chi connectivity index (χ2v) is 6.69. The summed E-state index contributed by atoms with van der Waals surface area (Å²) < 4.78 is 0. The monoisotopic (exact) mass is 256 g/mol. The van der Waals surface area contributed by atoms with E-state index in [2.05, 4.69) is 37.9 Å². The van der Waals surface area contributed by atoms with Gasteiger partial charge in [0.25, 0.3) is 0 Å². The third-order valence-corrected chi connectivity index (χ3v) is 3.44. The van der Waals surface area contributed by atoms with Gasteiger partial charge in [-0.05, 0) is 24.3 Å². The summed E-state index contributed by atoms with van der Waals surface area (Å²) in [5.74, 6) is -0.388. The highest BCUT2D eigenvalue weighted by atomic mass is 16.4. The fourth-order valence-electron chi connectivity index (χ4n) is 2.55. The largest absolute Gasteiger partial charge is 0.481 e. The van der Waals surface area contributed by atoms with E-state index in [-0.39, 0.29) is 11.3 Å². The van der Waals surface area contributed by atoms with Crippen LogP contribution < -0.4 is 5.32 Å². The Morgan fingerprint density at radius 3 is 2.56 bits per heavy atom. The Kier molecular flexibility index (Phi) is 5.60. The summed E-state index contributed by atoms with van der Waals surface area (Å²) in [5.41, 5.74) is 0.275. The normalized spacial score (nSPS) is 26.2. The van der Waals surface area contributed by atoms with E-state index in [0.717, 1.165) is 32.6 Å². The molecule has 2 atom stereocenters. The van der Waals surface area contributed by atoms with E-state index >= 15 is 0 Å². The summed E-state index contributed by atoms with van der Waals surface area (Å²) in [6, 6.07) is 0.433. The topological polar surface area (TPSA) is 52.6 Å². The van der Waals surface area contributed by atoms with E-state index in [4.69, 9.17) is 5.11 Å². The molecule has 1 heterocycles. The van der Waals surface area contributed by atoms with Gasteiger partial charge in [0, 0.05) is 32.1 Å². The minimum absolute atomic E-state index is 0.275. The fraction of sp³-hybridized carbons (Fsp3) is 0.929. The van der Waals surface area contributed by atoms with E-state index in [1.54, 1.807) is 0 Å². The number of piperidine rings is 1. The number of likely N-dealkylation sites (tertiary alicyclic amines) is 1. The van der Waals surface area contributed by atoms with Crippen molar-refractivity contribution in [2.45, 2.75) is 46.6 Å². The number of hydrogen-bond acceptors (Lipinski definition) is 3. The maximum Gasteiger partial charge on any atom is 0.303 e. The molecule has 0 aliphatic carbocycles. The zero-order chi connectivity index (χ0) is 13.8. The number of hydrogen-bond donors (Lipinski definition) is 2. The maximum atomic E-state index is 10.8. The average molecular weight is 256 g/mol. The van der Waals surface area contributed by atoms with E-state index in [1.165, 1.54) is 0 Å². The molecule has 0 aromatic heterocycles. The van der Waals surface area contributed by atoms with Gasteiger partial charge in [0.05, 0.1) is 0 Å². The molecule has 2 N–H and O–H groups in total. The minimum atomic E-state index is -0.674. The quantitative estimate of drug-likeness (QED) is 0.787. The molecule has 1 aliphatic rings. The summed E-state index contributed by atoms with van der Waals surface area (Å²) in [4.78, 5) is 13.2. The van der Waals surface area contributed by atoms with Crippen LogP contribution in [0.4, 0.5) is 0 Å². The molecule has 1 saturated heterocycles. The van der Waals surface area contributed by atoms with Crippen LogP contribution in [0.25, 0.3) is 0 Å². The highest BCUT2D eigenvalue weighted by Gasteiger charge is 2.28. The third kappa shape index (κ3) is 5.83. The smallest absolute Gasteiger partial charge is 0.303 e. The summed E-state index contributed by atoms with van der Waals surface area (Å²) in [7, 11) is 0. The van der Waals surface area contributed by atoms with Gasteiger partial charge in [-0.2, -0.15) is 0 Å². The fourth-order valence-corrected chi connectivity index (χ4v) is 2.55. The van der Waals surface area contributed by atoms with Crippen molar-refractivity contribution in [1.82, 2.24) is 10.2 Å². The predicted octanol–water partition coefficient (Wildman–Crippen LogP) is 1.81. The maximum absolute atomic E-state index is 10.8. The zero-order valence-electron chi connectivity index (χ0n) is 12.2. The Morgan fingerprint density at radius 2 is 2.06 bits per heavy atom. The molecule has 0 aromatic carbocycles. The number of carbonyl (C=O) groups is 1. The van der Waals surface area contributed by atoms with Crippen molar-refractivity contribution in [1.29, 1.82) is 0 Å². The van der Waals surface area contributed by atoms with E-state index in [0.29, 0.717) is 12.5 Å². The number of carboxylic acids is 1. The van der Waals surface area contributed by atoms with Crippen LogP contribution in [0.3, 0.4) is 0 Å². The SMILES string of the molecule is CCN1CC(CC(=O)O)CC(NCC(C)(C)C)C1. The molecule has 4 nitrogen and oxygen atoms in total.